The van der Waals surface area contributed by atoms with E-state index in [-0.39, 0.29) is 17.9 Å². The summed E-state index contributed by atoms with van der Waals surface area (Å²) in [6.07, 6.45) is 5.30. The summed E-state index contributed by atoms with van der Waals surface area (Å²) in [7, 11) is 0. The molecule has 3 atom stereocenters. The number of rotatable bonds is 3. The van der Waals surface area contributed by atoms with Crippen LogP contribution in [-0.2, 0) is 4.79 Å². The predicted octanol–water partition coefficient (Wildman–Crippen LogP) is 5.33. The lowest BCUT2D eigenvalue weighted by molar-refractivity contribution is -0.112. The molecule has 1 fully saturated rings. The van der Waals surface area contributed by atoms with Crippen LogP contribution in [0, 0.1) is 11.8 Å². The second-order valence-electron chi connectivity index (χ2n) is 8.03. The minimum absolute atomic E-state index is 0.0661. The maximum Gasteiger partial charge on any atom is 0.262 e. The van der Waals surface area contributed by atoms with Crippen molar-refractivity contribution in [1.29, 1.82) is 0 Å². The van der Waals surface area contributed by atoms with E-state index in [2.05, 4.69) is 24.5 Å². The molecule has 0 radical (unpaired) electrons. The molecular weight excluding hydrogens is 380 g/mol. The van der Waals surface area contributed by atoms with Gasteiger partial charge in [-0.1, -0.05) is 68.8 Å². The van der Waals surface area contributed by atoms with E-state index >= 15 is 0 Å². The van der Waals surface area contributed by atoms with E-state index in [4.69, 9.17) is 0 Å². The van der Waals surface area contributed by atoms with Crippen molar-refractivity contribution in [3.8, 4) is 0 Å². The first-order valence-corrected chi connectivity index (χ1v) is 11.0. The Kier molecular flexibility index (Phi) is 5.76. The number of thioether (sulfide) groups is 1. The first kappa shape index (κ1) is 19.8. The number of benzene rings is 2. The Balaban J connectivity index is 1.50. The Bertz CT molecular complexity index is 955. The highest BCUT2D eigenvalue weighted by atomic mass is 32.2. The number of nitrogens with one attached hydrogen (secondary N) is 2. The number of amides is 2. The normalized spacial score (nSPS) is 25.2. The molecule has 4 rings (SSSR count). The van der Waals surface area contributed by atoms with Crippen LogP contribution in [-0.4, -0.2) is 17.9 Å². The molecule has 1 heterocycles. The Hall–Kier alpha value is -2.53. The molecule has 1 aliphatic heterocycles. The van der Waals surface area contributed by atoms with E-state index in [0.717, 1.165) is 23.3 Å². The van der Waals surface area contributed by atoms with Gasteiger partial charge < -0.3 is 10.6 Å². The highest BCUT2D eigenvalue weighted by Crippen LogP contribution is 2.39. The Labute approximate surface area is 176 Å². The largest absolute Gasteiger partial charge is 0.349 e. The fourth-order valence-corrected chi connectivity index (χ4v) is 4.97. The first-order valence-electron chi connectivity index (χ1n) is 10.2. The van der Waals surface area contributed by atoms with Crippen LogP contribution >= 0.6 is 11.8 Å². The van der Waals surface area contributed by atoms with Crippen LogP contribution in [0.3, 0.4) is 0 Å². The van der Waals surface area contributed by atoms with Crippen LogP contribution in [0.1, 0.15) is 49.0 Å². The maximum absolute atomic E-state index is 12.8. The van der Waals surface area contributed by atoms with Gasteiger partial charge in [0.05, 0.1) is 10.6 Å². The van der Waals surface area contributed by atoms with Gasteiger partial charge in [0.2, 0.25) is 0 Å². The van der Waals surface area contributed by atoms with Crippen LogP contribution in [0.2, 0.25) is 0 Å². The zero-order valence-corrected chi connectivity index (χ0v) is 17.6. The van der Waals surface area contributed by atoms with Gasteiger partial charge in [0, 0.05) is 16.5 Å². The average Bonchev–Trinajstić information content (AvgIpc) is 2.72. The molecule has 150 valence electrons. The van der Waals surface area contributed by atoms with Crippen molar-refractivity contribution in [2.75, 3.05) is 5.32 Å². The lowest BCUT2D eigenvalue weighted by atomic mass is 9.78. The molecule has 0 saturated heterocycles. The molecule has 0 bridgehead atoms. The van der Waals surface area contributed by atoms with Crippen molar-refractivity contribution in [3.63, 3.8) is 0 Å². The molecule has 2 aromatic carbocycles. The second kappa shape index (κ2) is 8.46. The number of carbonyl (C=O) groups is 2. The summed E-state index contributed by atoms with van der Waals surface area (Å²) in [6, 6.07) is 15.5. The van der Waals surface area contributed by atoms with Gasteiger partial charge in [0.1, 0.15) is 0 Å². The minimum atomic E-state index is -0.140. The third kappa shape index (κ3) is 4.40. The van der Waals surface area contributed by atoms with Crippen molar-refractivity contribution in [2.45, 2.75) is 44.0 Å². The molecule has 4 nitrogen and oxygen atoms in total. The summed E-state index contributed by atoms with van der Waals surface area (Å²) < 4.78 is 0. The van der Waals surface area contributed by atoms with Crippen molar-refractivity contribution in [1.82, 2.24) is 5.32 Å². The molecule has 1 aliphatic carbocycles. The Morgan fingerprint density at radius 3 is 2.72 bits per heavy atom. The van der Waals surface area contributed by atoms with Crippen LogP contribution in [0.5, 0.6) is 0 Å². The SMILES string of the molecule is CC1CCCC(NC(=O)c2ccc3c(c2)NC(=O)/C(=C/c2ccccc2)S3)C1C. The third-order valence-corrected chi connectivity index (χ3v) is 7.15. The molecule has 5 heteroatoms. The Morgan fingerprint density at radius 1 is 1.14 bits per heavy atom. The fraction of sp³-hybridized carbons (Fsp3) is 0.333. The fourth-order valence-electron chi connectivity index (χ4n) is 4.04. The zero-order chi connectivity index (χ0) is 20.4. The molecule has 1 saturated carbocycles. The summed E-state index contributed by atoms with van der Waals surface area (Å²) in [5.41, 5.74) is 2.27. The lowest BCUT2D eigenvalue weighted by Gasteiger charge is -2.34. The van der Waals surface area contributed by atoms with Crippen molar-refractivity contribution < 1.29 is 9.59 Å². The van der Waals surface area contributed by atoms with E-state index in [9.17, 15) is 9.59 Å². The summed E-state index contributed by atoms with van der Waals surface area (Å²) in [5.74, 6) is 0.900. The van der Waals surface area contributed by atoms with Gasteiger partial charge in [-0.05, 0) is 48.1 Å². The van der Waals surface area contributed by atoms with E-state index in [1.807, 2.05) is 48.5 Å². The molecule has 2 amide bonds. The number of hydrogen-bond acceptors (Lipinski definition) is 3. The summed E-state index contributed by atoms with van der Waals surface area (Å²) >= 11 is 1.43. The Morgan fingerprint density at radius 2 is 1.93 bits per heavy atom. The molecule has 0 aromatic heterocycles. The van der Waals surface area contributed by atoms with Gasteiger partial charge >= 0.3 is 0 Å². The van der Waals surface area contributed by atoms with Crippen molar-refractivity contribution >= 4 is 35.3 Å². The van der Waals surface area contributed by atoms with Crippen molar-refractivity contribution in [2.24, 2.45) is 11.8 Å². The number of carbonyl (C=O) groups excluding carboxylic acids is 2. The van der Waals surface area contributed by atoms with Gasteiger partial charge in [-0.15, -0.1) is 0 Å². The number of fused-ring (bicyclic) bond motifs is 1. The highest BCUT2D eigenvalue weighted by molar-refractivity contribution is 8.04. The lowest BCUT2D eigenvalue weighted by Crippen LogP contribution is -2.43. The smallest absolute Gasteiger partial charge is 0.262 e. The highest BCUT2D eigenvalue weighted by Gasteiger charge is 2.29. The van der Waals surface area contributed by atoms with E-state index in [1.165, 1.54) is 18.2 Å². The minimum Gasteiger partial charge on any atom is -0.349 e. The van der Waals surface area contributed by atoms with Crippen LogP contribution < -0.4 is 10.6 Å². The first-order chi connectivity index (χ1) is 14.0. The van der Waals surface area contributed by atoms with Gasteiger partial charge in [-0.3, -0.25) is 9.59 Å². The zero-order valence-electron chi connectivity index (χ0n) is 16.8. The van der Waals surface area contributed by atoms with Gasteiger partial charge in [0.15, 0.2) is 0 Å². The molecular formula is C24H26N2O2S. The quantitative estimate of drug-likeness (QED) is 0.678. The number of anilines is 1. The summed E-state index contributed by atoms with van der Waals surface area (Å²) in [6.45, 7) is 4.48. The maximum atomic E-state index is 12.8. The third-order valence-electron chi connectivity index (χ3n) is 6.05. The van der Waals surface area contributed by atoms with Crippen LogP contribution in [0.25, 0.3) is 6.08 Å². The second-order valence-corrected chi connectivity index (χ2v) is 9.12. The average molecular weight is 407 g/mol. The predicted molar refractivity (Wildman–Crippen MR) is 119 cm³/mol. The topological polar surface area (TPSA) is 58.2 Å². The number of hydrogen-bond donors (Lipinski definition) is 2. The van der Waals surface area contributed by atoms with Crippen LogP contribution in [0.4, 0.5) is 5.69 Å². The standard InChI is InChI=1S/C24H26N2O2S/c1-15-7-6-10-19(16(15)2)25-23(27)18-11-12-21-20(14-18)26-24(28)22(29-21)13-17-8-4-3-5-9-17/h3-5,8-9,11-16,19H,6-7,10H2,1-2H3,(H,25,27)(H,26,28)/b22-13-. The molecule has 0 spiro atoms. The summed E-state index contributed by atoms with van der Waals surface area (Å²) in [4.78, 5) is 26.9. The molecule has 3 unspecified atom stereocenters. The van der Waals surface area contributed by atoms with E-state index in [0.29, 0.717) is 28.0 Å². The molecule has 2 aromatic rings. The van der Waals surface area contributed by atoms with Gasteiger partial charge in [-0.25, -0.2) is 0 Å². The molecule has 2 aliphatic rings. The van der Waals surface area contributed by atoms with Crippen LogP contribution in [0.15, 0.2) is 58.3 Å². The monoisotopic (exact) mass is 406 g/mol. The van der Waals surface area contributed by atoms with Gasteiger partial charge in [0.25, 0.3) is 11.8 Å². The van der Waals surface area contributed by atoms with Crippen molar-refractivity contribution in [3.05, 3.63) is 64.6 Å². The molecule has 29 heavy (non-hydrogen) atoms. The summed E-state index contributed by atoms with van der Waals surface area (Å²) in [5, 5.41) is 6.14. The van der Waals surface area contributed by atoms with E-state index in [1.54, 1.807) is 6.07 Å². The van der Waals surface area contributed by atoms with Gasteiger partial charge in [-0.2, -0.15) is 0 Å². The van der Waals surface area contributed by atoms with E-state index < -0.39 is 0 Å². The molecule has 2 N–H and O–H groups in total.